The van der Waals surface area contributed by atoms with Crippen LogP contribution in [0, 0.1) is 0 Å². The van der Waals surface area contributed by atoms with Crippen molar-refractivity contribution >= 4 is 5.69 Å². The zero-order chi connectivity index (χ0) is 8.97. The highest BCUT2D eigenvalue weighted by molar-refractivity contribution is 5.41. The van der Waals surface area contributed by atoms with Crippen LogP contribution in [-0.4, -0.2) is 28.6 Å². The van der Waals surface area contributed by atoms with Gasteiger partial charge in [-0.05, 0) is 24.3 Å². The van der Waals surface area contributed by atoms with Crippen LogP contribution in [0.1, 0.15) is 0 Å². The molecule has 0 heterocycles. The molecule has 0 bridgehead atoms. The molecule has 1 aromatic carbocycles. The van der Waals surface area contributed by atoms with E-state index < -0.39 is 12.9 Å². The van der Waals surface area contributed by atoms with Gasteiger partial charge >= 0.3 is 0 Å². The fourth-order valence-electron chi connectivity index (χ4n) is 0.741. The largest absolute Gasteiger partial charge is 0.463 e. The monoisotopic (exact) mass is 187 g/mol. The number of benzene rings is 1. The minimum Gasteiger partial charge on any atom is -0.463 e. The first-order chi connectivity index (χ1) is 5.72. The van der Waals surface area contributed by atoms with E-state index in [1.54, 1.807) is 24.3 Å². The molecule has 0 radical (unpaired) electrons. The number of aliphatic hydroxyl groups excluding tert-OH is 2. The third-order valence-corrected chi connectivity index (χ3v) is 1.31. The molecule has 6 N–H and O–H groups in total. The Hall–Kier alpha value is -1.30. The summed E-state index contributed by atoms with van der Waals surface area (Å²) >= 11 is 0. The lowest BCUT2D eigenvalue weighted by molar-refractivity contribution is -0.0548. The summed E-state index contributed by atoms with van der Waals surface area (Å²) in [5, 5.41) is 17.3. The Morgan fingerprint density at radius 3 is 2.31 bits per heavy atom. The summed E-state index contributed by atoms with van der Waals surface area (Å²) in [5.74, 6) is 0.478. The topological polar surface area (TPSA) is 107 Å². The van der Waals surface area contributed by atoms with E-state index in [0.29, 0.717) is 11.4 Å². The van der Waals surface area contributed by atoms with Crippen molar-refractivity contribution < 1.29 is 20.4 Å². The van der Waals surface area contributed by atoms with Crippen molar-refractivity contribution in [3.63, 3.8) is 0 Å². The minimum atomic E-state index is -1.17. The van der Waals surface area contributed by atoms with Crippen molar-refractivity contribution in [1.29, 1.82) is 0 Å². The number of nitrogens with two attached hydrogens (primary N) is 1. The van der Waals surface area contributed by atoms with Crippen molar-refractivity contribution in [3.05, 3.63) is 24.3 Å². The molecule has 0 aliphatic rings. The maximum absolute atomic E-state index is 8.88. The molecule has 1 aromatic rings. The highest BCUT2D eigenvalue weighted by Crippen LogP contribution is 2.13. The number of anilines is 1. The summed E-state index contributed by atoms with van der Waals surface area (Å²) < 4.78 is 4.87. The Kier molecular flexibility index (Phi) is 4.83. The summed E-state index contributed by atoms with van der Waals surface area (Å²) in [6.45, 7) is -0.426. The first-order valence-corrected chi connectivity index (χ1v) is 3.53. The standard InChI is InChI=1S/C8H11NO3.H2O/c9-6-1-3-7(4-2-6)12-8(11)5-10;/h1-4,8,10-11H,5,9H2;1H2. The van der Waals surface area contributed by atoms with Crippen LogP contribution >= 0.6 is 0 Å². The molecule has 1 rings (SSSR count). The lowest BCUT2D eigenvalue weighted by Crippen LogP contribution is -2.19. The number of rotatable bonds is 3. The fourth-order valence-corrected chi connectivity index (χ4v) is 0.741. The van der Waals surface area contributed by atoms with E-state index in [9.17, 15) is 0 Å². The molecule has 0 aromatic heterocycles. The Morgan fingerprint density at radius 1 is 1.31 bits per heavy atom. The molecule has 5 heteroatoms. The molecule has 0 amide bonds. The average Bonchev–Trinajstić information content (AvgIpc) is 2.09. The van der Waals surface area contributed by atoms with Crippen molar-refractivity contribution in [3.8, 4) is 5.75 Å². The van der Waals surface area contributed by atoms with Gasteiger partial charge in [0.1, 0.15) is 12.4 Å². The predicted molar refractivity (Wildman–Crippen MR) is 48.2 cm³/mol. The molecular weight excluding hydrogens is 174 g/mol. The Morgan fingerprint density at radius 2 is 1.85 bits per heavy atom. The molecule has 0 spiro atoms. The van der Waals surface area contributed by atoms with Crippen LogP contribution in [-0.2, 0) is 0 Å². The van der Waals surface area contributed by atoms with Gasteiger partial charge in [0.25, 0.3) is 0 Å². The van der Waals surface area contributed by atoms with Gasteiger partial charge in [0.15, 0.2) is 0 Å². The van der Waals surface area contributed by atoms with Gasteiger partial charge in [0, 0.05) is 5.69 Å². The molecule has 0 aliphatic carbocycles. The highest BCUT2D eigenvalue weighted by atomic mass is 16.6. The van der Waals surface area contributed by atoms with E-state index >= 15 is 0 Å². The van der Waals surface area contributed by atoms with E-state index in [1.807, 2.05) is 0 Å². The first kappa shape index (κ1) is 11.7. The fraction of sp³-hybridized carbons (Fsp3) is 0.250. The van der Waals surface area contributed by atoms with E-state index in [4.69, 9.17) is 20.7 Å². The summed E-state index contributed by atoms with van der Waals surface area (Å²) in [6.07, 6.45) is -1.17. The van der Waals surface area contributed by atoms with Crippen LogP contribution in [0.15, 0.2) is 24.3 Å². The van der Waals surface area contributed by atoms with Crippen molar-refractivity contribution in [2.75, 3.05) is 12.3 Å². The van der Waals surface area contributed by atoms with E-state index in [2.05, 4.69) is 0 Å². The second-order valence-electron chi connectivity index (χ2n) is 2.32. The van der Waals surface area contributed by atoms with Crippen LogP contribution in [0.3, 0.4) is 0 Å². The van der Waals surface area contributed by atoms with Gasteiger partial charge in [-0.1, -0.05) is 0 Å². The van der Waals surface area contributed by atoms with Crippen molar-refractivity contribution in [1.82, 2.24) is 0 Å². The quantitative estimate of drug-likeness (QED) is 0.422. The summed E-state index contributed by atoms with van der Waals surface area (Å²) in [5.41, 5.74) is 6.05. The summed E-state index contributed by atoms with van der Waals surface area (Å²) in [4.78, 5) is 0. The zero-order valence-electron chi connectivity index (χ0n) is 6.97. The van der Waals surface area contributed by atoms with Crippen LogP contribution < -0.4 is 10.5 Å². The second-order valence-corrected chi connectivity index (χ2v) is 2.32. The Balaban J connectivity index is 0.00000144. The maximum atomic E-state index is 8.88. The first-order valence-electron chi connectivity index (χ1n) is 3.53. The van der Waals surface area contributed by atoms with Crippen LogP contribution in [0.5, 0.6) is 5.75 Å². The lowest BCUT2D eigenvalue weighted by atomic mass is 10.3. The molecule has 74 valence electrons. The van der Waals surface area contributed by atoms with Gasteiger partial charge in [-0.2, -0.15) is 0 Å². The molecule has 0 saturated heterocycles. The molecule has 13 heavy (non-hydrogen) atoms. The number of ether oxygens (including phenoxy) is 1. The van der Waals surface area contributed by atoms with Gasteiger partial charge in [-0.3, -0.25) is 0 Å². The Labute approximate surface area is 75.7 Å². The number of aliphatic hydroxyl groups is 2. The smallest absolute Gasteiger partial charge is 0.220 e. The van der Waals surface area contributed by atoms with Crippen LogP contribution in [0.4, 0.5) is 5.69 Å². The number of hydrogen-bond donors (Lipinski definition) is 3. The maximum Gasteiger partial charge on any atom is 0.220 e. The van der Waals surface area contributed by atoms with Gasteiger partial charge in [-0.15, -0.1) is 0 Å². The molecule has 0 saturated carbocycles. The van der Waals surface area contributed by atoms with E-state index in [0.717, 1.165) is 0 Å². The molecule has 1 unspecified atom stereocenters. The molecule has 5 nitrogen and oxygen atoms in total. The molecule has 0 fully saturated rings. The van der Waals surface area contributed by atoms with Crippen LogP contribution in [0.25, 0.3) is 0 Å². The number of hydrogen-bond acceptors (Lipinski definition) is 4. The van der Waals surface area contributed by atoms with Crippen molar-refractivity contribution in [2.24, 2.45) is 0 Å². The number of nitrogen functional groups attached to an aromatic ring is 1. The molecular formula is C8H13NO4. The highest BCUT2D eigenvalue weighted by Gasteiger charge is 2.01. The van der Waals surface area contributed by atoms with Gasteiger partial charge < -0.3 is 26.2 Å². The average molecular weight is 187 g/mol. The normalized spacial score (nSPS) is 11.5. The third-order valence-electron chi connectivity index (χ3n) is 1.31. The van der Waals surface area contributed by atoms with Crippen LogP contribution in [0.2, 0.25) is 0 Å². The van der Waals surface area contributed by atoms with Gasteiger partial charge in [-0.25, -0.2) is 0 Å². The molecule has 1 atom stereocenters. The second kappa shape index (κ2) is 5.36. The summed E-state index contributed by atoms with van der Waals surface area (Å²) in [6, 6.07) is 6.54. The van der Waals surface area contributed by atoms with Gasteiger partial charge in [0.2, 0.25) is 6.29 Å². The van der Waals surface area contributed by atoms with Crippen molar-refractivity contribution in [2.45, 2.75) is 6.29 Å². The minimum absolute atomic E-state index is 0. The van der Waals surface area contributed by atoms with Gasteiger partial charge in [0.05, 0.1) is 0 Å². The zero-order valence-corrected chi connectivity index (χ0v) is 6.97. The lowest BCUT2D eigenvalue weighted by Gasteiger charge is -2.10. The predicted octanol–water partition coefficient (Wildman–Crippen LogP) is -0.866. The summed E-state index contributed by atoms with van der Waals surface area (Å²) in [7, 11) is 0. The SMILES string of the molecule is Nc1ccc(OC(O)CO)cc1.O. The third kappa shape index (κ3) is 3.75. The van der Waals surface area contributed by atoms with E-state index in [-0.39, 0.29) is 5.48 Å². The molecule has 0 aliphatic heterocycles. The Bertz CT molecular complexity index is 236. The van der Waals surface area contributed by atoms with E-state index in [1.165, 1.54) is 0 Å².